The van der Waals surface area contributed by atoms with E-state index in [1.54, 1.807) is 26.0 Å². The van der Waals surface area contributed by atoms with Crippen molar-refractivity contribution in [1.29, 1.82) is 0 Å². The van der Waals surface area contributed by atoms with E-state index < -0.39 is 0 Å². The number of nitrogens with one attached hydrogen (secondary N) is 1. The molecule has 78 heavy (non-hydrogen) atoms. The van der Waals surface area contributed by atoms with Gasteiger partial charge in [-0.2, -0.15) is 0 Å². The van der Waals surface area contributed by atoms with E-state index in [4.69, 9.17) is 57.6 Å². The quantitative estimate of drug-likeness (QED) is 0.0373. The van der Waals surface area contributed by atoms with Gasteiger partial charge in [0.25, 0.3) is 0 Å². The molecule has 20 heteroatoms. The number of fused-ring (bicyclic) bond motifs is 4. The molecular weight excluding hydrogens is 1020 g/mol. The maximum absolute atomic E-state index is 12.7. The average Bonchev–Trinajstić information content (AvgIpc) is 3.94. The summed E-state index contributed by atoms with van der Waals surface area (Å²) in [5.74, 6) is 3.03. The van der Waals surface area contributed by atoms with Crippen molar-refractivity contribution >= 4 is 47.4 Å². The van der Waals surface area contributed by atoms with Crippen LogP contribution in [-0.2, 0) is 59.6 Å². The lowest BCUT2D eigenvalue weighted by Gasteiger charge is -2.29. The van der Waals surface area contributed by atoms with Gasteiger partial charge in [0.1, 0.15) is 25.6 Å². The lowest BCUT2D eigenvalue weighted by Crippen LogP contribution is -2.38. The monoisotopic (exact) mass is 1100 g/mol. The molecule has 4 aliphatic rings. The molecule has 0 aliphatic carbocycles. The molecule has 2 aromatic carbocycles. The summed E-state index contributed by atoms with van der Waals surface area (Å²) in [4.78, 5) is 45.8. The largest absolute Gasteiger partial charge is 0.493 e. The molecule has 4 aliphatic heterocycles. The maximum atomic E-state index is 12.7. The van der Waals surface area contributed by atoms with Crippen LogP contribution in [0.2, 0.25) is 0 Å². The molecule has 0 radical (unpaired) electrons. The van der Waals surface area contributed by atoms with E-state index in [2.05, 4.69) is 84.1 Å². The van der Waals surface area contributed by atoms with Gasteiger partial charge in [0.2, 0.25) is 5.91 Å². The van der Waals surface area contributed by atoms with Crippen molar-refractivity contribution in [2.75, 3.05) is 126 Å². The highest BCUT2D eigenvalue weighted by atomic mass is 32.2. The maximum Gasteiger partial charge on any atom is 0.307 e. The van der Waals surface area contributed by atoms with E-state index in [-0.39, 0.29) is 48.3 Å². The van der Waals surface area contributed by atoms with Crippen LogP contribution in [0.1, 0.15) is 69.5 Å². The molecule has 7 rings (SSSR count). The molecule has 2 saturated heterocycles. The molecular formula is C58H81N7O12S. The predicted octanol–water partition coefficient (Wildman–Crippen LogP) is 7.30. The fourth-order valence-corrected chi connectivity index (χ4v) is 10.5. The number of benzene rings is 2. The van der Waals surface area contributed by atoms with E-state index in [1.165, 1.54) is 18.3 Å². The number of nitrogens with zero attached hydrogens (tertiary/aromatic N) is 6. The molecule has 2 unspecified atom stereocenters. The van der Waals surface area contributed by atoms with E-state index in [0.717, 1.165) is 68.1 Å². The van der Waals surface area contributed by atoms with Crippen LogP contribution < -0.4 is 29.0 Å². The number of hydrogen-bond acceptors (Lipinski definition) is 19. The number of pyridine rings is 1. The molecule has 0 saturated carbocycles. The van der Waals surface area contributed by atoms with Gasteiger partial charge < -0.3 is 57.6 Å². The summed E-state index contributed by atoms with van der Waals surface area (Å²) < 4.78 is 57.5. The van der Waals surface area contributed by atoms with Crippen LogP contribution in [-0.4, -0.2) is 187 Å². The van der Waals surface area contributed by atoms with Crippen molar-refractivity contribution in [3.8, 4) is 28.7 Å². The number of esters is 1. The second-order valence-corrected chi connectivity index (χ2v) is 21.9. The number of methoxy groups -OCH3 is 3. The Hall–Kier alpha value is -5.58. The summed E-state index contributed by atoms with van der Waals surface area (Å²) in [6.07, 6.45) is 10.7. The molecule has 2 fully saturated rings. The number of aromatic nitrogens is 1. The Kier molecular flexibility index (Phi) is 23.6. The number of carbonyl (C=O) groups excluding carboxylic acids is 2. The average molecular weight is 1100 g/mol. The van der Waals surface area contributed by atoms with E-state index in [9.17, 15) is 9.59 Å². The molecule has 1 aromatic heterocycles. The highest BCUT2D eigenvalue weighted by Gasteiger charge is 2.31. The van der Waals surface area contributed by atoms with Gasteiger partial charge in [-0.05, 0) is 70.8 Å². The first-order valence-corrected chi connectivity index (χ1v) is 28.0. The fourth-order valence-electron chi connectivity index (χ4n) is 9.57. The first-order chi connectivity index (χ1) is 37.8. The predicted molar refractivity (Wildman–Crippen MR) is 303 cm³/mol. The zero-order valence-electron chi connectivity index (χ0n) is 47.0. The Balaban J connectivity index is 0.892. The van der Waals surface area contributed by atoms with Crippen LogP contribution in [0, 0.1) is 0 Å². The van der Waals surface area contributed by atoms with Crippen molar-refractivity contribution in [2.45, 2.75) is 90.1 Å². The molecule has 19 nitrogen and oxygen atoms in total. The number of amides is 1. The van der Waals surface area contributed by atoms with Gasteiger partial charge >= 0.3 is 5.97 Å². The third-order valence-corrected chi connectivity index (χ3v) is 15.1. The summed E-state index contributed by atoms with van der Waals surface area (Å²) in [5.41, 5.74) is 8.09. The topological polar surface area (TPSA) is 186 Å². The van der Waals surface area contributed by atoms with Crippen molar-refractivity contribution in [1.82, 2.24) is 25.0 Å². The van der Waals surface area contributed by atoms with Gasteiger partial charge in [0.15, 0.2) is 23.0 Å². The van der Waals surface area contributed by atoms with Gasteiger partial charge in [-0.1, -0.05) is 23.3 Å². The van der Waals surface area contributed by atoms with Crippen LogP contribution in [0.25, 0.3) is 0 Å². The minimum atomic E-state index is -0.301. The SMILES string of the molecule is CC=C1CC2C=Nc3cc(OCc4cc(OCCN(C)CC(C)(C)SCC(=O)NCCOCCOCCOCCOCCC(=O)OC)cc(COc5cc6c(cc5OC)CN5CC(=CC)CC5C=N6)n4)c(OC)cc3CN2C1. The Labute approximate surface area is 465 Å². The van der Waals surface area contributed by atoms with Crippen LogP contribution in [0.5, 0.6) is 28.7 Å². The molecule has 5 heterocycles. The smallest absolute Gasteiger partial charge is 0.307 e. The van der Waals surface area contributed by atoms with Crippen LogP contribution >= 0.6 is 11.8 Å². The highest BCUT2D eigenvalue weighted by molar-refractivity contribution is 8.01. The number of hydrogen-bond donors (Lipinski definition) is 1. The first-order valence-electron chi connectivity index (χ1n) is 27.0. The molecule has 1 N–H and O–H groups in total. The van der Waals surface area contributed by atoms with E-state index >= 15 is 0 Å². The van der Waals surface area contributed by atoms with Crippen molar-refractivity contribution in [2.24, 2.45) is 9.98 Å². The molecule has 2 atom stereocenters. The fraction of sp³-hybridized carbons (Fsp3) is 0.569. The lowest BCUT2D eigenvalue weighted by atomic mass is 10.1. The summed E-state index contributed by atoms with van der Waals surface area (Å²) in [6.45, 7) is 17.6. The molecule has 0 spiro atoms. The highest BCUT2D eigenvalue weighted by Crippen LogP contribution is 2.41. The third kappa shape index (κ3) is 18.5. The zero-order chi connectivity index (χ0) is 55.3. The summed E-state index contributed by atoms with van der Waals surface area (Å²) in [5, 5.41) is 2.95. The van der Waals surface area contributed by atoms with Crippen molar-refractivity contribution < 1.29 is 57.0 Å². The number of rotatable bonds is 32. The van der Waals surface area contributed by atoms with Crippen LogP contribution in [0.3, 0.4) is 0 Å². The normalized spacial score (nSPS) is 18.1. The minimum absolute atomic E-state index is 0.0437. The Morgan fingerprint density at radius 3 is 1.69 bits per heavy atom. The third-order valence-electron chi connectivity index (χ3n) is 13.8. The Bertz CT molecular complexity index is 2450. The number of aliphatic imine (C=N–C) groups is 2. The summed E-state index contributed by atoms with van der Waals surface area (Å²) in [6, 6.07) is 12.3. The van der Waals surface area contributed by atoms with Crippen LogP contribution in [0.15, 0.2) is 69.7 Å². The second-order valence-electron chi connectivity index (χ2n) is 20.2. The van der Waals surface area contributed by atoms with Crippen molar-refractivity contribution in [3.63, 3.8) is 0 Å². The van der Waals surface area contributed by atoms with E-state index in [1.807, 2.05) is 36.4 Å². The van der Waals surface area contributed by atoms with E-state index in [0.29, 0.717) is 118 Å². The zero-order valence-corrected chi connectivity index (χ0v) is 47.8. The van der Waals surface area contributed by atoms with Gasteiger partial charge in [0, 0.05) is 99.3 Å². The Morgan fingerprint density at radius 2 is 1.19 bits per heavy atom. The van der Waals surface area contributed by atoms with Gasteiger partial charge in [-0.15, -0.1) is 11.8 Å². The Morgan fingerprint density at radius 1 is 0.679 bits per heavy atom. The minimum Gasteiger partial charge on any atom is -0.493 e. The van der Waals surface area contributed by atoms with Crippen molar-refractivity contribution in [3.05, 3.63) is 82.2 Å². The molecule has 0 bridgehead atoms. The first kappa shape index (κ1) is 60.1. The second kappa shape index (κ2) is 30.7. The van der Waals surface area contributed by atoms with Crippen LogP contribution in [0.4, 0.5) is 11.4 Å². The summed E-state index contributed by atoms with van der Waals surface area (Å²) >= 11 is 1.61. The number of likely N-dealkylation sites (N-methyl/N-ethyl adjacent to an activating group) is 1. The number of thioether (sulfide) groups is 1. The van der Waals surface area contributed by atoms with Gasteiger partial charge in [-0.3, -0.25) is 34.4 Å². The molecule has 3 aromatic rings. The van der Waals surface area contributed by atoms with Gasteiger partial charge in [0.05, 0.1) is 109 Å². The number of allylic oxidation sites excluding steroid dienone is 2. The standard InChI is InChI=1S/C58H81N7O12S/c1-9-41-23-47-31-60-50-29-54(52(68-6)25-43(50)35-64(47)33-41)76-37-45-27-49(28-46(62-45)38-77-55-30-51-44(26-53(55)69-7)36-65-34-42(10-2)24-48(65)32-61-51)75-16-13-63(5)40-58(3,4)78-39-56(66)59-12-15-72-18-20-74-22-21-73-19-17-71-14-11-57(67)70-8/h9-10,25-32,47-48H,11-24,33-40H2,1-8H3,(H,59,66). The molecule has 1 amide bonds. The van der Waals surface area contributed by atoms with Gasteiger partial charge in [-0.25, -0.2) is 0 Å². The summed E-state index contributed by atoms with van der Waals surface area (Å²) in [7, 11) is 6.72. The number of carbonyl (C=O) groups is 2. The number of ether oxygens (including phenoxy) is 10. The molecule has 426 valence electrons. The lowest BCUT2D eigenvalue weighted by molar-refractivity contribution is -0.142.